The highest BCUT2D eigenvalue weighted by Gasteiger charge is 2.57. The topological polar surface area (TPSA) is 67.9 Å². The first kappa shape index (κ1) is 15.1. The number of nitrogens with one attached hydrogen (secondary N) is 1. The Bertz CT molecular complexity index is 404. The molecule has 0 aromatic heterocycles. The molecule has 2 rings (SSSR count). The van der Waals surface area contributed by atoms with Crippen molar-refractivity contribution in [1.82, 2.24) is 10.2 Å². The molecule has 6 nitrogen and oxygen atoms in total. The van der Waals surface area contributed by atoms with Crippen LogP contribution in [0.4, 0.5) is 4.79 Å². The van der Waals surface area contributed by atoms with Gasteiger partial charge >= 0.3 is 12.1 Å². The summed E-state index contributed by atoms with van der Waals surface area (Å²) in [6.07, 6.45) is -0.351. The molecular formula is C14H24N2O4. The number of hydrogen-bond donors (Lipinski definition) is 1. The molecule has 0 saturated carbocycles. The second-order valence-corrected chi connectivity index (χ2v) is 6.57. The standard InChI is InChI=1S/C14H24N2O4/c1-5-19-11(17)14-8-15-6-10(14)7-16(9-14)12(18)20-13(2,3)4/h10,15H,5-9H2,1-4H3/t10-,14+/m1/s1. The van der Waals surface area contributed by atoms with Gasteiger partial charge in [0.25, 0.3) is 0 Å². The molecular weight excluding hydrogens is 260 g/mol. The van der Waals surface area contributed by atoms with Crippen LogP contribution < -0.4 is 5.32 Å². The maximum atomic E-state index is 12.3. The van der Waals surface area contributed by atoms with E-state index in [4.69, 9.17) is 9.47 Å². The van der Waals surface area contributed by atoms with Crippen molar-refractivity contribution in [2.24, 2.45) is 11.3 Å². The van der Waals surface area contributed by atoms with Crippen LogP contribution in [-0.4, -0.2) is 55.3 Å². The molecule has 114 valence electrons. The van der Waals surface area contributed by atoms with Crippen LogP contribution in [0.3, 0.4) is 0 Å². The molecule has 0 aromatic rings. The zero-order chi connectivity index (χ0) is 15.0. The summed E-state index contributed by atoms with van der Waals surface area (Å²) in [5.41, 5.74) is -1.13. The smallest absolute Gasteiger partial charge is 0.410 e. The summed E-state index contributed by atoms with van der Waals surface area (Å²) < 4.78 is 10.6. The van der Waals surface area contributed by atoms with E-state index in [0.29, 0.717) is 26.2 Å². The van der Waals surface area contributed by atoms with E-state index in [1.165, 1.54) is 0 Å². The molecule has 0 spiro atoms. The summed E-state index contributed by atoms with van der Waals surface area (Å²) in [6.45, 7) is 9.89. The average molecular weight is 284 g/mol. The van der Waals surface area contributed by atoms with Crippen LogP contribution in [-0.2, 0) is 14.3 Å². The lowest BCUT2D eigenvalue weighted by Gasteiger charge is -2.27. The largest absolute Gasteiger partial charge is 0.465 e. The molecule has 2 saturated heterocycles. The summed E-state index contributed by atoms with van der Waals surface area (Å²) in [5, 5.41) is 3.23. The molecule has 6 heteroatoms. The summed E-state index contributed by atoms with van der Waals surface area (Å²) in [4.78, 5) is 26.0. The minimum atomic E-state index is -0.604. The summed E-state index contributed by atoms with van der Waals surface area (Å²) in [7, 11) is 0. The van der Waals surface area contributed by atoms with Gasteiger partial charge in [-0.05, 0) is 27.7 Å². The van der Waals surface area contributed by atoms with E-state index in [2.05, 4.69) is 5.32 Å². The van der Waals surface area contributed by atoms with Gasteiger partial charge in [0, 0.05) is 32.1 Å². The van der Waals surface area contributed by atoms with Gasteiger partial charge in [0.1, 0.15) is 11.0 Å². The number of carbonyl (C=O) groups excluding carboxylic acids is 2. The molecule has 2 aliphatic rings. The number of esters is 1. The zero-order valence-corrected chi connectivity index (χ0v) is 12.7. The maximum Gasteiger partial charge on any atom is 0.410 e. The number of amides is 1. The van der Waals surface area contributed by atoms with Crippen molar-refractivity contribution < 1.29 is 19.1 Å². The van der Waals surface area contributed by atoms with Gasteiger partial charge in [0.15, 0.2) is 0 Å². The fourth-order valence-corrected chi connectivity index (χ4v) is 2.95. The van der Waals surface area contributed by atoms with Gasteiger partial charge in [-0.2, -0.15) is 0 Å². The molecule has 20 heavy (non-hydrogen) atoms. The lowest BCUT2D eigenvalue weighted by molar-refractivity contribution is -0.155. The molecule has 2 aliphatic heterocycles. The number of nitrogens with zero attached hydrogens (tertiary/aromatic N) is 1. The van der Waals surface area contributed by atoms with E-state index >= 15 is 0 Å². The molecule has 0 aliphatic carbocycles. The lowest BCUT2D eigenvalue weighted by Crippen LogP contribution is -2.43. The molecule has 2 atom stereocenters. The van der Waals surface area contributed by atoms with Crippen LogP contribution in [0.15, 0.2) is 0 Å². The fourth-order valence-electron chi connectivity index (χ4n) is 2.95. The van der Waals surface area contributed by atoms with Gasteiger partial charge < -0.3 is 19.7 Å². The Morgan fingerprint density at radius 3 is 2.70 bits per heavy atom. The van der Waals surface area contributed by atoms with Crippen molar-refractivity contribution in [3.05, 3.63) is 0 Å². The number of rotatable bonds is 2. The number of fused-ring (bicyclic) bond motifs is 1. The SMILES string of the molecule is CCOC(=O)[C@]12CNC[C@@H]1CN(C(=O)OC(C)(C)C)C2. The predicted molar refractivity (Wildman–Crippen MR) is 73.2 cm³/mol. The van der Waals surface area contributed by atoms with Gasteiger partial charge in [0.2, 0.25) is 0 Å². The Hall–Kier alpha value is -1.30. The molecule has 0 radical (unpaired) electrons. The van der Waals surface area contributed by atoms with Gasteiger partial charge in [-0.15, -0.1) is 0 Å². The highest BCUT2D eigenvalue weighted by molar-refractivity contribution is 5.81. The van der Waals surface area contributed by atoms with Crippen molar-refractivity contribution in [2.75, 3.05) is 32.8 Å². The Morgan fingerprint density at radius 2 is 2.10 bits per heavy atom. The maximum absolute atomic E-state index is 12.3. The third-order valence-corrected chi connectivity index (χ3v) is 3.86. The van der Waals surface area contributed by atoms with E-state index < -0.39 is 11.0 Å². The Morgan fingerprint density at radius 1 is 1.40 bits per heavy atom. The quantitative estimate of drug-likeness (QED) is 0.766. The van der Waals surface area contributed by atoms with Crippen molar-refractivity contribution in [3.8, 4) is 0 Å². The van der Waals surface area contributed by atoms with Crippen LogP contribution in [0.1, 0.15) is 27.7 Å². The van der Waals surface area contributed by atoms with Crippen molar-refractivity contribution in [3.63, 3.8) is 0 Å². The van der Waals surface area contributed by atoms with Crippen LogP contribution in [0, 0.1) is 11.3 Å². The van der Waals surface area contributed by atoms with Gasteiger partial charge in [-0.1, -0.05) is 0 Å². The van der Waals surface area contributed by atoms with E-state index in [-0.39, 0.29) is 18.0 Å². The number of ether oxygens (including phenoxy) is 2. The summed E-state index contributed by atoms with van der Waals surface area (Å²) in [5.74, 6) is -0.102. The van der Waals surface area contributed by atoms with E-state index in [1.807, 2.05) is 20.8 Å². The van der Waals surface area contributed by atoms with Gasteiger partial charge in [0.05, 0.1) is 6.61 Å². The third kappa shape index (κ3) is 2.75. The van der Waals surface area contributed by atoms with Crippen LogP contribution in [0.25, 0.3) is 0 Å². The van der Waals surface area contributed by atoms with Gasteiger partial charge in [-0.25, -0.2) is 4.79 Å². The second kappa shape index (κ2) is 5.24. The Balaban J connectivity index is 2.08. The lowest BCUT2D eigenvalue weighted by atomic mass is 9.81. The minimum absolute atomic E-state index is 0.106. The summed E-state index contributed by atoms with van der Waals surface area (Å²) in [6, 6.07) is 0. The molecule has 2 heterocycles. The molecule has 1 amide bonds. The predicted octanol–water partition coefficient (Wildman–Crippen LogP) is 1.01. The zero-order valence-electron chi connectivity index (χ0n) is 12.7. The molecule has 0 bridgehead atoms. The van der Waals surface area contributed by atoms with Crippen molar-refractivity contribution in [1.29, 1.82) is 0 Å². The van der Waals surface area contributed by atoms with Crippen molar-refractivity contribution in [2.45, 2.75) is 33.3 Å². The molecule has 0 unspecified atom stereocenters. The third-order valence-electron chi connectivity index (χ3n) is 3.86. The Kier molecular flexibility index (Phi) is 3.95. The number of likely N-dealkylation sites (tertiary alicyclic amines) is 1. The number of hydrogen-bond acceptors (Lipinski definition) is 5. The van der Waals surface area contributed by atoms with E-state index in [9.17, 15) is 9.59 Å². The monoisotopic (exact) mass is 284 g/mol. The van der Waals surface area contributed by atoms with Crippen LogP contribution in [0.5, 0.6) is 0 Å². The second-order valence-electron chi connectivity index (χ2n) is 6.57. The first-order chi connectivity index (χ1) is 9.28. The number of carbonyl (C=O) groups is 2. The highest BCUT2D eigenvalue weighted by Crippen LogP contribution is 2.40. The highest BCUT2D eigenvalue weighted by atomic mass is 16.6. The fraction of sp³-hybridized carbons (Fsp3) is 0.857. The van der Waals surface area contributed by atoms with Crippen molar-refractivity contribution >= 4 is 12.1 Å². The normalized spacial score (nSPS) is 29.2. The molecule has 1 N–H and O–H groups in total. The van der Waals surface area contributed by atoms with Crippen LogP contribution >= 0.6 is 0 Å². The average Bonchev–Trinajstić information content (AvgIpc) is 2.83. The first-order valence-electron chi connectivity index (χ1n) is 7.14. The molecule has 2 fully saturated rings. The first-order valence-corrected chi connectivity index (χ1v) is 7.14. The Labute approximate surface area is 119 Å². The molecule has 0 aromatic carbocycles. The minimum Gasteiger partial charge on any atom is -0.465 e. The van der Waals surface area contributed by atoms with E-state index in [1.54, 1.807) is 11.8 Å². The van der Waals surface area contributed by atoms with E-state index in [0.717, 1.165) is 6.54 Å². The van der Waals surface area contributed by atoms with Gasteiger partial charge in [-0.3, -0.25) is 4.79 Å². The summed E-state index contributed by atoms with van der Waals surface area (Å²) >= 11 is 0. The van der Waals surface area contributed by atoms with Crippen LogP contribution in [0.2, 0.25) is 0 Å².